The summed E-state index contributed by atoms with van der Waals surface area (Å²) < 4.78 is 11.0. The summed E-state index contributed by atoms with van der Waals surface area (Å²) in [6.07, 6.45) is 1.35. The second-order valence-corrected chi connectivity index (χ2v) is 4.48. The van der Waals surface area contributed by atoms with Gasteiger partial charge < -0.3 is 14.8 Å². The fourth-order valence-corrected chi connectivity index (χ4v) is 1.79. The summed E-state index contributed by atoms with van der Waals surface area (Å²) in [4.78, 5) is 4.02. The van der Waals surface area contributed by atoms with E-state index in [0.29, 0.717) is 5.15 Å². The molecule has 1 aromatic rings. The fourth-order valence-electron chi connectivity index (χ4n) is 1.34. The fraction of sp³-hybridized carbons (Fsp3) is 0.500. The smallest absolute Gasteiger partial charge is 0.176 e. The van der Waals surface area contributed by atoms with Crippen LogP contribution in [0.1, 0.15) is 6.92 Å². The Morgan fingerprint density at radius 2 is 2.06 bits per heavy atom. The van der Waals surface area contributed by atoms with E-state index in [1.807, 2.05) is 13.0 Å². The zero-order valence-corrected chi connectivity index (χ0v) is 11.7. The number of nitrogens with one attached hydrogen (secondary N) is 1. The third-order valence-corrected chi connectivity index (χ3v) is 3.20. The standard InChI is InChI=1S/C10H14BrClN2O2/c1-6(10(15-2)16-3)14-7-4-8(11)9(12)13-5-7/h4-6,10,14H,1-3H3. The second kappa shape index (κ2) is 6.39. The number of halogens is 2. The molecule has 1 heterocycles. The molecule has 0 aliphatic carbocycles. The third kappa shape index (κ3) is 3.59. The van der Waals surface area contributed by atoms with Gasteiger partial charge in [-0.1, -0.05) is 11.6 Å². The molecule has 0 bridgehead atoms. The summed E-state index contributed by atoms with van der Waals surface area (Å²) >= 11 is 9.11. The first-order chi connectivity index (χ1) is 7.58. The predicted octanol–water partition coefficient (Wildman–Crippen LogP) is 2.92. The summed E-state index contributed by atoms with van der Waals surface area (Å²) in [5.74, 6) is 0. The van der Waals surface area contributed by atoms with Crippen LogP contribution in [-0.2, 0) is 9.47 Å². The molecule has 0 spiro atoms. The summed E-state index contributed by atoms with van der Waals surface area (Å²) in [5.41, 5.74) is 0.850. The lowest BCUT2D eigenvalue weighted by molar-refractivity contribution is -0.109. The van der Waals surface area contributed by atoms with Crippen molar-refractivity contribution < 1.29 is 9.47 Å². The van der Waals surface area contributed by atoms with Crippen molar-refractivity contribution in [2.75, 3.05) is 19.5 Å². The van der Waals surface area contributed by atoms with Crippen molar-refractivity contribution in [3.63, 3.8) is 0 Å². The van der Waals surface area contributed by atoms with Gasteiger partial charge in [0.2, 0.25) is 0 Å². The quantitative estimate of drug-likeness (QED) is 0.671. The molecule has 1 aromatic heterocycles. The zero-order valence-electron chi connectivity index (χ0n) is 9.33. The Morgan fingerprint density at radius 1 is 1.44 bits per heavy atom. The molecule has 90 valence electrons. The lowest BCUT2D eigenvalue weighted by Gasteiger charge is -2.23. The van der Waals surface area contributed by atoms with E-state index in [2.05, 4.69) is 26.2 Å². The van der Waals surface area contributed by atoms with Crippen molar-refractivity contribution in [1.82, 2.24) is 4.98 Å². The van der Waals surface area contributed by atoms with Crippen LogP contribution in [0.2, 0.25) is 5.15 Å². The first-order valence-electron chi connectivity index (χ1n) is 4.71. The van der Waals surface area contributed by atoms with Crippen LogP contribution in [-0.4, -0.2) is 31.5 Å². The van der Waals surface area contributed by atoms with Gasteiger partial charge in [-0.3, -0.25) is 0 Å². The third-order valence-electron chi connectivity index (χ3n) is 2.06. The number of hydrogen-bond donors (Lipinski definition) is 1. The Bertz CT molecular complexity index is 348. The van der Waals surface area contributed by atoms with Crippen molar-refractivity contribution in [1.29, 1.82) is 0 Å². The largest absolute Gasteiger partial charge is 0.376 e. The molecule has 0 aliphatic heterocycles. The maximum absolute atomic E-state index is 5.80. The van der Waals surface area contributed by atoms with Gasteiger partial charge in [-0.15, -0.1) is 0 Å². The Balaban J connectivity index is 2.69. The minimum atomic E-state index is -0.311. The first-order valence-corrected chi connectivity index (χ1v) is 5.88. The highest BCUT2D eigenvalue weighted by Crippen LogP contribution is 2.23. The molecule has 16 heavy (non-hydrogen) atoms. The molecule has 1 unspecified atom stereocenters. The average Bonchev–Trinajstić information content (AvgIpc) is 2.25. The van der Waals surface area contributed by atoms with Crippen LogP contribution < -0.4 is 5.32 Å². The van der Waals surface area contributed by atoms with Gasteiger partial charge in [-0.2, -0.15) is 0 Å². The molecule has 1 rings (SSSR count). The number of ether oxygens (including phenoxy) is 2. The first kappa shape index (κ1) is 13.7. The molecular weight excluding hydrogens is 295 g/mol. The van der Waals surface area contributed by atoms with Crippen LogP contribution >= 0.6 is 27.5 Å². The van der Waals surface area contributed by atoms with Crippen LogP contribution in [0, 0.1) is 0 Å². The monoisotopic (exact) mass is 308 g/mol. The number of rotatable bonds is 5. The normalized spacial score (nSPS) is 12.9. The maximum atomic E-state index is 5.80. The van der Waals surface area contributed by atoms with Crippen LogP contribution in [0.3, 0.4) is 0 Å². The number of nitrogens with zero attached hydrogens (tertiary/aromatic N) is 1. The minimum Gasteiger partial charge on any atom is -0.376 e. The Labute approximate surface area is 108 Å². The molecular formula is C10H14BrClN2O2. The number of methoxy groups -OCH3 is 2. The maximum Gasteiger partial charge on any atom is 0.176 e. The highest BCUT2D eigenvalue weighted by molar-refractivity contribution is 9.10. The van der Waals surface area contributed by atoms with E-state index in [1.165, 1.54) is 0 Å². The SMILES string of the molecule is COC(OC)C(C)Nc1cnc(Cl)c(Br)c1. The number of aromatic nitrogens is 1. The topological polar surface area (TPSA) is 43.4 Å². The van der Waals surface area contributed by atoms with Gasteiger partial charge in [0, 0.05) is 14.2 Å². The van der Waals surface area contributed by atoms with E-state index in [9.17, 15) is 0 Å². The second-order valence-electron chi connectivity index (χ2n) is 3.27. The van der Waals surface area contributed by atoms with E-state index >= 15 is 0 Å². The van der Waals surface area contributed by atoms with Crippen LogP contribution in [0.15, 0.2) is 16.7 Å². The Kier molecular flexibility index (Phi) is 5.48. The van der Waals surface area contributed by atoms with E-state index in [-0.39, 0.29) is 12.3 Å². The van der Waals surface area contributed by atoms with Gasteiger partial charge >= 0.3 is 0 Å². The minimum absolute atomic E-state index is 0.00451. The van der Waals surface area contributed by atoms with Gasteiger partial charge in [0.15, 0.2) is 6.29 Å². The van der Waals surface area contributed by atoms with Crippen molar-refractivity contribution in [2.24, 2.45) is 0 Å². The molecule has 4 nitrogen and oxygen atoms in total. The molecule has 6 heteroatoms. The van der Waals surface area contributed by atoms with E-state index in [1.54, 1.807) is 20.4 Å². The Hall–Kier alpha value is -0.360. The lowest BCUT2D eigenvalue weighted by Crippen LogP contribution is -2.33. The highest BCUT2D eigenvalue weighted by Gasteiger charge is 2.15. The molecule has 0 radical (unpaired) electrons. The summed E-state index contributed by atoms with van der Waals surface area (Å²) in [6, 6.07) is 1.86. The zero-order chi connectivity index (χ0) is 12.1. The number of pyridine rings is 1. The highest BCUT2D eigenvalue weighted by atomic mass is 79.9. The molecule has 1 N–H and O–H groups in total. The van der Waals surface area contributed by atoms with Crippen molar-refractivity contribution in [3.8, 4) is 0 Å². The molecule has 0 saturated carbocycles. The van der Waals surface area contributed by atoms with Gasteiger partial charge in [0.05, 0.1) is 22.4 Å². The molecule has 0 aliphatic rings. The summed E-state index contributed by atoms with van der Waals surface area (Å²) in [7, 11) is 3.20. The number of hydrogen-bond acceptors (Lipinski definition) is 4. The lowest BCUT2D eigenvalue weighted by atomic mass is 10.3. The van der Waals surface area contributed by atoms with E-state index < -0.39 is 0 Å². The van der Waals surface area contributed by atoms with E-state index in [4.69, 9.17) is 21.1 Å². The Morgan fingerprint density at radius 3 is 2.56 bits per heavy atom. The average molecular weight is 310 g/mol. The van der Waals surface area contributed by atoms with Crippen molar-refractivity contribution in [2.45, 2.75) is 19.3 Å². The van der Waals surface area contributed by atoms with Crippen LogP contribution in [0.25, 0.3) is 0 Å². The predicted molar refractivity (Wildman–Crippen MR) is 67.8 cm³/mol. The van der Waals surface area contributed by atoms with Gasteiger partial charge in [-0.25, -0.2) is 4.98 Å². The van der Waals surface area contributed by atoms with Crippen LogP contribution in [0.5, 0.6) is 0 Å². The molecule has 0 aromatic carbocycles. The van der Waals surface area contributed by atoms with Gasteiger partial charge in [-0.05, 0) is 28.9 Å². The summed E-state index contributed by atoms with van der Waals surface area (Å²) in [5, 5.41) is 3.65. The molecule has 1 atom stereocenters. The van der Waals surface area contributed by atoms with Gasteiger partial charge in [0.1, 0.15) is 5.15 Å². The molecule has 0 fully saturated rings. The van der Waals surface area contributed by atoms with Crippen molar-refractivity contribution in [3.05, 3.63) is 21.9 Å². The molecule has 0 saturated heterocycles. The molecule has 0 amide bonds. The van der Waals surface area contributed by atoms with Crippen molar-refractivity contribution >= 4 is 33.2 Å². The summed E-state index contributed by atoms with van der Waals surface area (Å²) in [6.45, 7) is 1.96. The van der Waals surface area contributed by atoms with Crippen LogP contribution in [0.4, 0.5) is 5.69 Å². The van der Waals surface area contributed by atoms with E-state index in [0.717, 1.165) is 10.2 Å². The van der Waals surface area contributed by atoms with Gasteiger partial charge in [0.25, 0.3) is 0 Å². The number of anilines is 1.